The van der Waals surface area contributed by atoms with Gasteiger partial charge in [0.2, 0.25) is 0 Å². The maximum atomic E-state index is 13.3. The van der Waals surface area contributed by atoms with Gasteiger partial charge in [-0.05, 0) is 60.7 Å². The zero-order chi connectivity index (χ0) is 33.0. The smallest absolute Gasteiger partial charge is 0.277 e. The minimum atomic E-state index is -4.50. The van der Waals surface area contributed by atoms with Gasteiger partial charge in [-0.1, -0.05) is 72.8 Å². The monoisotopic (exact) mass is 696 g/mol. The molecule has 236 valence electrons. The molecule has 0 atom stereocenters. The van der Waals surface area contributed by atoms with Crippen LogP contribution in [0.2, 0.25) is 0 Å². The van der Waals surface area contributed by atoms with Gasteiger partial charge in [0.1, 0.15) is 11.4 Å². The number of rotatable bonds is 10. The van der Waals surface area contributed by atoms with Gasteiger partial charge < -0.3 is 0 Å². The first-order valence-electron chi connectivity index (χ1n) is 13.2. The predicted molar refractivity (Wildman–Crippen MR) is 172 cm³/mol. The quantitative estimate of drug-likeness (QED) is 0.236. The maximum absolute atomic E-state index is 13.3. The summed E-state index contributed by atoms with van der Waals surface area (Å²) >= 11 is 0. The summed E-state index contributed by atoms with van der Waals surface area (Å²) in [7, 11) is -17.8. The molecule has 16 heteroatoms. The second-order valence-corrected chi connectivity index (χ2v) is 16.1. The number of allylic oxidation sites excluding steroid dienone is 2. The fraction of sp³-hybridized carbons (Fsp3) is 0. The number of hydrogen-bond acceptors (Lipinski definition) is 8. The standard InChI is InChI=1S/C30H24N4O8S4/c35-43(36,23-13-5-1-6-14-23)31-27-21-29(33-45(39,40)25-17-9-3-10-18-25)30(34-46(41,42)26-19-11-4-12-20-26)22-28(27)32-44(37,38)24-15-7-2-8-16-24/h1-22,31,34H. The second kappa shape index (κ2) is 12.8. The molecular weight excluding hydrogens is 673 g/mol. The summed E-state index contributed by atoms with van der Waals surface area (Å²) in [5, 5.41) is 0. The highest BCUT2D eigenvalue weighted by Gasteiger charge is 2.29. The van der Waals surface area contributed by atoms with Crippen molar-refractivity contribution in [2.75, 3.05) is 0 Å². The Morgan fingerprint density at radius 2 is 0.630 bits per heavy atom. The molecule has 0 unspecified atom stereocenters. The normalized spacial score (nSPS) is 16.0. The minimum absolute atomic E-state index is 0.198. The number of nitrogens with one attached hydrogen (secondary N) is 2. The molecule has 5 rings (SSSR count). The zero-order valence-corrected chi connectivity index (χ0v) is 26.8. The highest BCUT2D eigenvalue weighted by molar-refractivity contribution is 7.91. The van der Waals surface area contributed by atoms with Gasteiger partial charge in [-0.15, -0.1) is 0 Å². The van der Waals surface area contributed by atoms with Gasteiger partial charge in [-0.3, -0.25) is 9.44 Å². The summed E-state index contributed by atoms with van der Waals surface area (Å²) in [5.41, 5.74) is -2.09. The Morgan fingerprint density at radius 3 is 0.913 bits per heavy atom. The molecule has 0 bridgehead atoms. The highest BCUT2D eigenvalue weighted by atomic mass is 32.2. The molecular formula is C30H24N4O8S4. The molecule has 4 aromatic carbocycles. The zero-order valence-electron chi connectivity index (χ0n) is 23.5. The first kappa shape index (κ1) is 32.5. The summed E-state index contributed by atoms with van der Waals surface area (Å²) in [6.45, 7) is 0. The van der Waals surface area contributed by atoms with E-state index < -0.39 is 62.9 Å². The van der Waals surface area contributed by atoms with Crippen LogP contribution in [0, 0.1) is 0 Å². The number of hydrogen-bond donors (Lipinski definition) is 2. The maximum Gasteiger partial charge on any atom is 0.282 e. The van der Waals surface area contributed by atoms with Crippen LogP contribution in [0.4, 0.5) is 0 Å². The number of nitrogens with zero attached hydrogens (tertiary/aromatic N) is 2. The molecule has 1 aliphatic carbocycles. The lowest BCUT2D eigenvalue weighted by atomic mass is 10.1. The Bertz CT molecular complexity index is 2160. The summed E-state index contributed by atoms with van der Waals surface area (Å²) in [6.07, 6.45) is 1.78. The lowest BCUT2D eigenvalue weighted by molar-refractivity contribution is 0.587. The Hall–Kier alpha value is -4.90. The van der Waals surface area contributed by atoms with E-state index in [-0.39, 0.29) is 19.6 Å². The van der Waals surface area contributed by atoms with E-state index >= 15 is 0 Å². The van der Waals surface area contributed by atoms with Crippen LogP contribution in [0.3, 0.4) is 0 Å². The van der Waals surface area contributed by atoms with Gasteiger partial charge in [-0.25, -0.2) is 16.8 Å². The van der Waals surface area contributed by atoms with E-state index in [1.54, 1.807) is 24.3 Å². The molecule has 0 saturated carbocycles. The molecule has 0 spiro atoms. The Morgan fingerprint density at radius 1 is 0.370 bits per heavy atom. The third-order valence-corrected chi connectivity index (χ3v) is 11.6. The molecule has 0 amide bonds. The SMILES string of the molecule is O=S(=O)(N=C1C=C(NS(=O)(=O)c2ccccc2)C(=NS(=O)(=O)c2ccccc2)C=C1NS(=O)(=O)c1ccccc1)c1ccccc1. The van der Waals surface area contributed by atoms with Crippen molar-refractivity contribution >= 4 is 51.5 Å². The largest absolute Gasteiger partial charge is 0.282 e. The Kier molecular flexibility index (Phi) is 9.07. The van der Waals surface area contributed by atoms with Crippen molar-refractivity contribution in [3.63, 3.8) is 0 Å². The molecule has 0 heterocycles. The molecule has 0 aliphatic heterocycles. The van der Waals surface area contributed by atoms with Crippen molar-refractivity contribution < 1.29 is 33.7 Å². The van der Waals surface area contributed by atoms with Gasteiger partial charge in [0.15, 0.2) is 0 Å². The Balaban J connectivity index is 1.73. The molecule has 0 fully saturated rings. The van der Waals surface area contributed by atoms with Crippen LogP contribution in [0.1, 0.15) is 0 Å². The average Bonchev–Trinajstić information content (AvgIpc) is 3.04. The second-order valence-electron chi connectivity index (χ2n) is 9.48. The van der Waals surface area contributed by atoms with E-state index in [0.29, 0.717) is 0 Å². The fourth-order valence-corrected chi connectivity index (χ4v) is 8.25. The van der Waals surface area contributed by atoms with Crippen molar-refractivity contribution in [1.82, 2.24) is 9.44 Å². The van der Waals surface area contributed by atoms with Gasteiger partial charge in [-0.2, -0.15) is 25.6 Å². The molecule has 0 aromatic heterocycles. The van der Waals surface area contributed by atoms with Crippen molar-refractivity contribution in [3.05, 3.63) is 145 Å². The lowest BCUT2D eigenvalue weighted by Crippen LogP contribution is -2.35. The topological polar surface area (TPSA) is 185 Å². The van der Waals surface area contributed by atoms with Crippen LogP contribution in [0.5, 0.6) is 0 Å². The summed E-state index contributed by atoms with van der Waals surface area (Å²) in [6, 6.07) is 28.2. The molecule has 0 saturated heterocycles. The van der Waals surface area contributed by atoms with Crippen LogP contribution in [-0.4, -0.2) is 45.1 Å². The molecule has 4 aromatic rings. The van der Waals surface area contributed by atoms with Crippen LogP contribution < -0.4 is 9.44 Å². The van der Waals surface area contributed by atoms with E-state index in [9.17, 15) is 33.7 Å². The van der Waals surface area contributed by atoms with E-state index in [1.165, 1.54) is 97.1 Å². The van der Waals surface area contributed by atoms with E-state index in [2.05, 4.69) is 18.2 Å². The molecule has 12 nitrogen and oxygen atoms in total. The number of benzene rings is 4. The summed E-state index contributed by atoms with van der Waals surface area (Å²) < 4.78 is 119. The van der Waals surface area contributed by atoms with Crippen LogP contribution in [0.15, 0.2) is 173 Å². The summed E-state index contributed by atoms with van der Waals surface area (Å²) in [5.74, 6) is 0. The molecule has 1 aliphatic rings. The lowest BCUT2D eigenvalue weighted by Gasteiger charge is -2.20. The highest BCUT2D eigenvalue weighted by Crippen LogP contribution is 2.22. The van der Waals surface area contributed by atoms with Gasteiger partial charge in [0.05, 0.1) is 31.0 Å². The molecule has 2 N–H and O–H groups in total. The van der Waals surface area contributed by atoms with Crippen LogP contribution in [-0.2, 0) is 40.1 Å². The van der Waals surface area contributed by atoms with Crippen molar-refractivity contribution in [2.24, 2.45) is 8.80 Å². The molecule has 46 heavy (non-hydrogen) atoms. The predicted octanol–water partition coefficient (Wildman–Crippen LogP) is 3.38. The van der Waals surface area contributed by atoms with E-state index in [4.69, 9.17) is 0 Å². The summed E-state index contributed by atoms with van der Waals surface area (Å²) in [4.78, 5) is -0.871. The van der Waals surface area contributed by atoms with Gasteiger partial charge in [0, 0.05) is 0 Å². The average molecular weight is 697 g/mol. The van der Waals surface area contributed by atoms with Crippen molar-refractivity contribution in [3.8, 4) is 0 Å². The van der Waals surface area contributed by atoms with Gasteiger partial charge in [0.25, 0.3) is 40.1 Å². The van der Waals surface area contributed by atoms with Crippen LogP contribution in [0.25, 0.3) is 0 Å². The van der Waals surface area contributed by atoms with E-state index in [0.717, 1.165) is 12.2 Å². The van der Waals surface area contributed by atoms with Crippen molar-refractivity contribution in [2.45, 2.75) is 19.6 Å². The van der Waals surface area contributed by atoms with Crippen molar-refractivity contribution in [1.29, 1.82) is 0 Å². The minimum Gasteiger partial charge on any atom is -0.277 e. The third kappa shape index (κ3) is 7.48. The molecule has 0 radical (unpaired) electrons. The first-order chi connectivity index (χ1) is 21.8. The first-order valence-corrected chi connectivity index (χ1v) is 19.0. The van der Waals surface area contributed by atoms with Gasteiger partial charge >= 0.3 is 0 Å². The van der Waals surface area contributed by atoms with E-state index in [1.807, 2.05) is 0 Å². The number of sulfonamides is 4. The third-order valence-electron chi connectivity index (χ3n) is 6.23. The fourth-order valence-electron chi connectivity index (χ4n) is 4.05. The Labute approximate surface area is 266 Å². The van der Waals surface area contributed by atoms with Crippen LogP contribution >= 0.6 is 0 Å².